The van der Waals surface area contributed by atoms with Crippen LogP contribution in [0.25, 0.3) is 0 Å². The third kappa shape index (κ3) is 6.52. The Kier molecular flexibility index (Phi) is 9.33. The minimum absolute atomic E-state index is 0.0873. The second-order valence-electron chi connectivity index (χ2n) is 14.8. The van der Waals surface area contributed by atoms with Crippen molar-refractivity contribution in [1.29, 1.82) is 0 Å². The number of alkyl carbamates (subject to hydrolysis) is 1. The number of aliphatic hydroxyl groups excluding tert-OH is 2. The molecule has 4 fully saturated rings. The summed E-state index contributed by atoms with van der Waals surface area (Å²) in [5.41, 5.74) is -2.03. The second-order valence-corrected chi connectivity index (χ2v) is 16.0. The standard InChI is InChI=1S/C32H51NO7S/c1-8-30(6)17-25(31(7)19(2)11-13-32(16-24(30)36)14-12-21(34)27(31)32)39-26(37)18-41-23-10-9-20(15-22(23)35)33-28(38)40-29(3,4)5/h8,19-20,22-25,27,35-36H,1,9-18H2,2-7H3,(H,33,38). The number of amides is 1. The number of ketones is 1. The van der Waals surface area contributed by atoms with Gasteiger partial charge in [0.15, 0.2) is 0 Å². The van der Waals surface area contributed by atoms with Crippen LogP contribution in [0.1, 0.15) is 99.3 Å². The normalized spacial score (nSPS) is 42.8. The summed E-state index contributed by atoms with van der Waals surface area (Å²) in [5, 5.41) is 24.9. The monoisotopic (exact) mass is 593 g/mol. The van der Waals surface area contributed by atoms with E-state index >= 15 is 0 Å². The van der Waals surface area contributed by atoms with Crippen LogP contribution < -0.4 is 5.32 Å². The van der Waals surface area contributed by atoms with E-state index in [2.05, 4.69) is 25.7 Å². The first kappa shape index (κ1) is 32.3. The summed E-state index contributed by atoms with van der Waals surface area (Å²) in [4.78, 5) is 39.0. The van der Waals surface area contributed by atoms with Crippen molar-refractivity contribution >= 4 is 29.6 Å². The number of ether oxygens (including phenoxy) is 2. The van der Waals surface area contributed by atoms with Gasteiger partial charge in [-0.1, -0.05) is 26.8 Å². The van der Waals surface area contributed by atoms with Crippen molar-refractivity contribution in [1.82, 2.24) is 5.32 Å². The molecule has 0 aromatic heterocycles. The molecule has 2 bridgehead atoms. The molecule has 10 atom stereocenters. The van der Waals surface area contributed by atoms with Gasteiger partial charge in [-0.25, -0.2) is 4.79 Å². The first-order valence-electron chi connectivity index (χ1n) is 15.4. The summed E-state index contributed by atoms with van der Waals surface area (Å²) in [7, 11) is 0. The molecule has 0 spiro atoms. The van der Waals surface area contributed by atoms with Gasteiger partial charge in [0.2, 0.25) is 0 Å². The summed E-state index contributed by atoms with van der Waals surface area (Å²) >= 11 is 1.39. The van der Waals surface area contributed by atoms with E-state index in [0.717, 1.165) is 19.3 Å². The van der Waals surface area contributed by atoms with Crippen LogP contribution in [0.15, 0.2) is 12.7 Å². The van der Waals surface area contributed by atoms with E-state index in [1.54, 1.807) is 6.08 Å². The lowest BCUT2D eigenvalue weighted by atomic mass is 9.46. The largest absolute Gasteiger partial charge is 0.461 e. The molecule has 0 aromatic carbocycles. The van der Waals surface area contributed by atoms with E-state index in [0.29, 0.717) is 38.5 Å². The number of carbonyl (C=O) groups excluding carboxylic acids is 3. The Morgan fingerprint density at radius 1 is 1.15 bits per heavy atom. The fourth-order valence-corrected chi connectivity index (χ4v) is 9.31. The summed E-state index contributed by atoms with van der Waals surface area (Å²) in [6, 6.07) is -0.182. The maximum Gasteiger partial charge on any atom is 0.407 e. The Bertz CT molecular complexity index is 1030. The number of thioether (sulfide) groups is 1. The Labute approximate surface area is 249 Å². The van der Waals surface area contributed by atoms with E-state index < -0.39 is 40.8 Å². The molecule has 0 saturated heterocycles. The van der Waals surface area contributed by atoms with E-state index in [1.807, 2.05) is 27.7 Å². The van der Waals surface area contributed by atoms with Crippen molar-refractivity contribution in [2.75, 3.05) is 5.75 Å². The Morgan fingerprint density at radius 3 is 2.49 bits per heavy atom. The van der Waals surface area contributed by atoms with E-state index in [9.17, 15) is 24.6 Å². The van der Waals surface area contributed by atoms with Crippen molar-refractivity contribution < 1.29 is 34.1 Å². The molecule has 3 N–H and O–H groups in total. The summed E-state index contributed by atoms with van der Waals surface area (Å²) in [6.07, 6.45) is 5.30. The lowest BCUT2D eigenvalue weighted by molar-refractivity contribution is -0.193. The number of nitrogens with one attached hydrogen (secondary N) is 1. The van der Waals surface area contributed by atoms with Gasteiger partial charge in [-0.3, -0.25) is 9.59 Å². The highest BCUT2D eigenvalue weighted by Crippen LogP contribution is 2.66. The number of aliphatic hydroxyl groups is 2. The number of hydrogen-bond acceptors (Lipinski definition) is 8. The minimum Gasteiger partial charge on any atom is -0.461 e. The topological polar surface area (TPSA) is 122 Å². The van der Waals surface area contributed by atoms with Crippen molar-refractivity contribution in [2.24, 2.45) is 28.1 Å². The lowest BCUT2D eigenvalue weighted by Gasteiger charge is -2.59. The molecule has 41 heavy (non-hydrogen) atoms. The van der Waals surface area contributed by atoms with Crippen molar-refractivity contribution in [3.8, 4) is 0 Å². The van der Waals surface area contributed by atoms with Crippen LogP contribution in [0.3, 0.4) is 0 Å². The third-order valence-corrected chi connectivity index (χ3v) is 12.3. The molecule has 0 aliphatic heterocycles. The van der Waals surface area contributed by atoms with Gasteiger partial charge in [0.1, 0.15) is 17.5 Å². The summed E-state index contributed by atoms with van der Waals surface area (Å²) in [5.74, 6) is -0.0828. The molecule has 232 valence electrons. The predicted octanol–water partition coefficient (Wildman–Crippen LogP) is 5.19. The molecule has 0 radical (unpaired) electrons. The van der Waals surface area contributed by atoms with Crippen LogP contribution in [0, 0.1) is 28.1 Å². The number of hydrogen-bond donors (Lipinski definition) is 3. The van der Waals surface area contributed by atoms with E-state index in [-0.39, 0.29) is 46.0 Å². The third-order valence-electron chi connectivity index (χ3n) is 10.9. The molecule has 9 heteroatoms. The molecule has 1 amide bonds. The van der Waals surface area contributed by atoms with Crippen LogP contribution >= 0.6 is 11.8 Å². The first-order valence-corrected chi connectivity index (χ1v) is 16.4. The average molecular weight is 594 g/mol. The van der Waals surface area contributed by atoms with Gasteiger partial charge in [-0.2, -0.15) is 0 Å². The average Bonchev–Trinajstić information content (AvgIpc) is 3.20. The summed E-state index contributed by atoms with van der Waals surface area (Å²) < 4.78 is 11.6. The highest BCUT2D eigenvalue weighted by molar-refractivity contribution is 8.00. The Morgan fingerprint density at radius 2 is 1.85 bits per heavy atom. The fraction of sp³-hybridized carbons (Fsp3) is 0.844. The summed E-state index contributed by atoms with van der Waals surface area (Å²) in [6.45, 7) is 15.8. The molecule has 4 saturated carbocycles. The van der Waals surface area contributed by atoms with Crippen LogP contribution in [0.2, 0.25) is 0 Å². The molecule has 10 unspecified atom stereocenters. The lowest BCUT2D eigenvalue weighted by Crippen LogP contribution is -2.60. The van der Waals surface area contributed by atoms with Crippen molar-refractivity contribution in [3.05, 3.63) is 12.7 Å². The van der Waals surface area contributed by atoms with Crippen LogP contribution in [0.5, 0.6) is 0 Å². The molecular formula is C32H51NO7S. The number of carbonyl (C=O) groups is 3. The Balaban J connectivity index is 1.43. The molecule has 4 rings (SSSR count). The Hall–Kier alpha value is -1.58. The number of Topliss-reactive ketones (excluding diaryl/α,β-unsaturated/α-hetero) is 1. The maximum atomic E-state index is 13.4. The van der Waals surface area contributed by atoms with Crippen LogP contribution in [-0.2, 0) is 19.1 Å². The smallest absolute Gasteiger partial charge is 0.407 e. The SMILES string of the molecule is C=CC1(C)CC(OC(=O)CSC2CCC(NC(=O)OC(C)(C)C)CC2O)C2(C)C(C)CCC3(CCC(=O)C32)CC1O. The van der Waals surface area contributed by atoms with E-state index in [4.69, 9.17) is 9.47 Å². The van der Waals surface area contributed by atoms with Gasteiger partial charge in [0.05, 0.1) is 18.0 Å². The highest BCUT2D eigenvalue weighted by Gasteiger charge is 2.66. The zero-order valence-electron chi connectivity index (χ0n) is 25.7. The zero-order valence-corrected chi connectivity index (χ0v) is 26.6. The quantitative estimate of drug-likeness (QED) is 0.284. The minimum atomic E-state index is -0.672. The van der Waals surface area contributed by atoms with E-state index in [1.165, 1.54) is 11.8 Å². The molecule has 4 aliphatic rings. The molecular weight excluding hydrogens is 542 g/mol. The fourth-order valence-electron chi connectivity index (χ4n) is 8.25. The van der Waals surface area contributed by atoms with Crippen LogP contribution in [-0.4, -0.2) is 69.0 Å². The molecule has 4 aliphatic carbocycles. The number of esters is 1. The first-order chi connectivity index (χ1) is 19.0. The van der Waals surface area contributed by atoms with Gasteiger partial charge < -0.3 is 25.0 Å². The highest BCUT2D eigenvalue weighted by atomic mass is 32.2. The molecule has 0 heterocycles. The maximum absolute atomic E-state index is 13.4. The van der Waals surface area contributed by atoms with Crippen molar-refractivity contribution in [2.45, 2.75) is 135 Å². The zero-order chi connectivity index (χ0) is 30.4. The van der Waals surface area contributed by atoms with Crippen LogP contribution in [0.4, 0.5) is 4.79 Å². The van der Waals surface area contributed by atoms with Gasteiger partial charge in [-0.05, 0) is 83.5 Å². The van der Waals surface area contributed by atoms with Gasteiger partial charge in [-0.15, -0.1) is 18.3 Å². The van der Waals surface area contributed by atoms with Gasteiger partial charge >= 0.3 is 12.1 Å². The number of rotatable bonds is 6. The molecule has 8 nitrogen and oxygen atoms in total. The van der Waals surface area contributed by atoms with Gasteiger partial charge in [0.25, 0.3) is 0 Å². The second kappa shape index (κ2) is 11.8. The van der Waals surface area contributed by atoms with Gasteiger partial charge in [0, 0.05) is 34.5 Å². The molecule has 0 aromatic rings. The predicted molar refractivity (Wildman–Crippen MR) is 159 cm³/mol. The van der Waals surface area contributed by atoms with Crippen molar-refractivity contribution in [3.63, 3.8) is 0 Å².